The van der Waals surface area contributed by atoms with Crippen LogP contribution >= 0.6 is 11.6 Å². The summed E-state index contributed by atoms with van der Waals surface area (Å²) in [7, 11) is 0. The molecule has 1 rings (SSSR count). The summed E-state index contributed by atoms with van der Waals surface area (Å²) in [4.78, 5) is 0. The summed E-state index contributed by atoms with van der Waals surface area (Å²) >= 11 is 5.53. The first-order valence-corrected chi connectivity index (χ1v) is 4.24. The Morgan fingerprint density at radius 1 is 1.46 bits per heavy atom. The van der Waals surface area contributed by atoms with E-state index < -0.39 is 6.43 Å². The molecule has 0 aliphatic carbocycles. The van der Waals surface area contributed by atoms with E-state index in [0.717, 1.165) is 0 Å². The Labute approximate surface area is 80.5 Å². The van der Waals surface area contributed by atoms with Gasteiger partial charge >= 0.3 is 0 Å². The molecule has 1 heterocycles. The Balaban J connectivity index is 3.10. The van der Waals surface area contributed by atoms with Gasteiger partial charge in [-0.15, -0.1) is 0 Å². The zero-order valence-electron chi connectivity index (χ0n) is 7.68. The molecule has 0 radical (unpaired) electrons. The Hall–Kier alpha value is -0.640. The summed E-state index contributed by atoms with van der Waals surface area (Å²) in [5.74, 6) is 0. The summed E-state index contributed by atoms with van der Waals surface area (Å²) in [5, 5.41) is 3.68. The second-order valence-corrected chi connectivity index (χ2v) is 4.15. The van der Waals surface area contributed by atoms with Gasteiger partial charge < -0.3 is 0 Å². The highest BCUT2D eigenvalue weighted by Crippen LogP contribution is 2.27. The van der Waals surface area contributed by atoms with Gasteiger partial charge in [-0.2, -0.15) is 5.10 Å². The van der Waals surface area contributed by atoms with Crippen molar-refractivity contribution in [2.45, 2.75) is 32.7 Å². The molecule has 0 saturated heterocycles. The van der Waals surface area contributed by atoms with E-state index in [2.05, 4.69) is 5.10 Å². The van der Waals surface area contributed by atoms with Crippen LogP contribution in [-0.4, -0.2) is 9.78 Å². The average molecular weight is 209 g/mol. The minimum atomic E-state index is -2.57. The minimum Gasteiger partial charge on any atom is -0.265 e. The van der Waals surface area contributed by atoms with Crippen molar-refractivity contribution in [2.24, 2.45) is 0 Å². The first kappa shape index (κ1) is 10.4. The fourth-order valence-corrected chi connectivity index (χ4v) is 1.07. The van der Waals surface area contributed by atoms with Crippen LogP contribution in [0.5, 0.6) is 0 Å². The minimum absolute atomic E-state index is 0.120. The lowest BCUT2D eigenvalue weighted by atomic mass is 10.1. The van der Waals surface area contributed by atoms with Gasteiger partial charge in [-0.3, -0.25) is 4.68 Å². The zero-order chi connectivity index (χ0) is 10.2. The van der Waals surface area contributed by atoms with E-state index in [1.807, 2.05) is 20.8 Å². The molecule has 0 bridgehead atoms. The van der Waals surface area contributed by atoms with Crippen LogP contribution in [0, 0.1) is 0 Å². The summed E-state index contributed by atoms with van der Waals surface area (Å²) < 4.78 is 26.0. The number of alkyl halides is 2. The van der Waals surface area contributed by atoms with Gasteiger partial charge in [-0.05, 0) is 20.8 Å². The Bertz CT molecular complexity index is 302. The molecule has 0 spiro atoms. The van der Waals surface area contributed by atoms with Gasteiger partial charge in [-0.25, -0.2) is 8.78 Å². The molecule has 0 aromatic carbocycles. The van der Waals surface area contributed by atoms with Crippen molar-refractivity contribution >= 4 is 11.6 Å². The highest BCUT2D eigenvalue weighted by molar-refractivity contribution is 6.30. The SMILES string of the molecule is CC(C)(C)n1cc(C(F)F)c(Cl)n1. The molecular weight excluding hydrogens is 198 g/mol. The number of aromatic nitrogens is 2. The summed E-state index contributed by atoms with van der Waals surface area (Å²) in [6.45, 7) is 5.60. The maximum Gasteiger partial charge on any atom is 0.268 e. The number of rotatable bonds is 1. The summed E-state index contributed by atoms with van der Waals surface area (Å²) in [6.07, 6.45) is -1.28. The first-order chi connectivity index (χ1) is 5.82. The van der Waals surface area contributed by atoms with Crippen molar-refractivity contribution in [2.75, 3.05) is 0 Å². The van der Waals surface area contributed by atoms with Gasteiger partial charge in [0.05, 0.1) is 11.1 Å². The lowest BCUT2D eigenvalue weighted by Gasteiger charge is -2.18. The van der Waals surface area contributed by atoms with Crippen LogP contribution in [0.15, 0.2) is 6.20 Å². The molecule has 74 valence electrons. The molecule has 0 N–H and O–H groups in total. The van der Waals surface area contributed by atoms with Crippen molar-refractivity contribution in [3.05, 3.63) is 16.9 Å². The van der Waals surface area contributed by atoms with Crippen LogP contribution in [0.25, 0.3) is 0 Å². The van der Waals surface area contributed by atoms with Gasteiger partial charge in [0.25, 0.3) is 6.43 Å². The molecule has 0 fully saturated rings. The number of hydrogen-bond acceptors (Lipinski definition) is 1. The predicted octanol–water partition coefficient (Wildman–Crippen LogP) is 3.23. The third-order valence-electron chi connectivity index (χ3n) is 1.62. The van der Waals surface area contributed by atoms with Gasteiger partial charge in [0.1, 0.15) is 0 Å². The molecule has 0 amide bonds. The van der Waals surface area contributed by atoms with Gasteiger partial charge in [-0.1, -0.05) is 11.6 Å². The van der Waals surface area contributed by atoms with Crippen molar-refractivity contribution in [1.29, 1.82) is 0 Å². The quantitative estimate of drug-likeness (QED) is 0.693. The first-order valence-electron chi connectivity index (χ1n) is 3.86. The summed E-state index contributed by atoms with van der Waals surface area (Å²) in [5.41, 5.74) is -0.534. The molecular formula is C8H11ClF2N2. The van der Waals surface area contributed by atoms with Crippen molar-refractivity contribution in [3.63, 3.8) is 0 Å². The Morgan fingerprint density at radius 3 is 2.23 bits per heavy atom. The standard InChI is InChI=1S/C8H11ClF2N2/c1-8(2,3)13-4-5(7(10)11)6(9)12-13/h4,7H,1-3H3. The van der Waals surface area contributed by atoms with E-state index in [9.17, 15) is 8.78 Å². The third-order valence-corrected chi connectivity index (χ3v) is 1.91. The van der Waals surface area contributed by atoms with Gasteiger partial charge in [0.2, 0.25) is 0 Å². The van der Waals surface area contributed by atoms with Crippen molar-refractivity contribution < 1.29 is 8.78 Å². The molecule has 1 aromatic rings. The van der Waals surface area contributed by atoms with E-state index in [1.165, 1.54) is 10.9 Å². The lowest BCUT2D eigenvalue weighted by Crippen LogP contribution is -2.22. The zero-order valence-corrected chi connectivity index (χ0v) is 8.44. The molecule has 0 saturated carbocycles. The number of nitrogens with zero attached hydrogens (tertiary/aromatic N) is 2. The fraction of sp³-hybridized carbons (Fsp3) is 0.625. The fourth-order valence-electron chi connectivity index (χ4n) is 0.856. The predicted molar refractivity (Wildman–Crippen MR) is 47.2 cm³/mol. The van der Waals surface area contributed by atoms with E-state index in [1.54, 1.807) is 0 Å². The van der Waals surface area contributed by atoms with Crippen molar-refractivity contribution in [1.82, 2.24) is 9.78 Å². The topological polar surface area (TPSA) is 17.8 Å². The molecule has 1 aromatic heterocycles. The molecule has 0 unspecified atom stereocenters. The van der Waals surface area contributed by atoms with E-state index in [4.69, 9.17) is 11.6 Å². The smallest absolute Gasteiger partial charge is 0.265 e. The normalized spacial score (nSPS) is 12.5. The largest absolute Gasteiger partial charge is 0.268 e. The second kappa shape index (κ2) is 3.25. The van der Waals surface area contributed by atoms with Crippen LogP contribution in [-0.2, 0) is 5.54 Å². The average Bonchev–Trinajstić information content (AvgIpc) is 2.29. The lowest BCUT2D eigenvalue weighted by molar-refractivity contribution is 0.151. The van der Waals surface area contributed by atoms with E-state index >= 15 is 0 Å². The van der Waals surface area contributed by atoms with Crippen LogP contribution in [0.4, 0.5) is 8.78 Å². The molecule has 2 nitrogen and oxygen atoms in total. The molecule has 0 aliphatic heterocycles. The van der Waals surface area contributed by atoms with Gasteiger partial charge in [0, 0.05) is 6.20 Å². The van der Waals surface area contributed by atoms with Crippen LogP contribution in [0.3, 0.4) is 0 Å². The monoisotopic (exact) mass is 208 g/mol. The molecule has 5 heteroatoms. The molecule has 13 heavy (non-hydrogen) atoms. The number of hydrogen-bond donors (Lipinski definition) is 0. The molecule has 0 aliphatic rings. The maximum absolute atomic E-state index is 12.3. The van der Waals surface area contributed by atoms with E-state index in [0.29, 0.717) is 0 Å². The molecule has 0 atom stereocenters. The highest BCUT2D eigenvalue weighted by Gasteiger charge is 2.21. The third kappa shape index (κ3) is 2.18. The van der Waals surface area contributed by atoms with Gasteiger partial charge in [0.15, 0.2) is 5.15 Å². The van der Waals surface area contributed by atoms with Crippen LogP contribution in [0.2, 0.25) is 5.15 Å². The van der Waals surface area contributed by atoms with Crippen LogP contribution in [0.1, 0.15) is 32.8 Å². The maximum atomic E-state index is 12.3. The highest BCUT2D eigenvalue weighted by atomic mass is 35.5. The summed E-state index contributed by atoms with van der Waals surface area (Å²) in [6, 6.07) is 0. The Morgan fingerprint density at radius 2 is 2.00 bits per heavy atom. The van der Waals surface area contributed by atoms with E-state index in [-0.39, 0.29) is 16.3 Å². The second-order valence-electron chi connectivity index (χ2n) is 3.79. The Kier molecular flexibility index (Phi) is 2.61. The van der Waals surface area contributed by atoms with Crippen LogP contribution < -0.4 is 0 Å². The number of halogens is 3. The van der Waals surface area contributed by atoms with Crippen molar-refractivity contribution in [3.8, 4) is 0 Å².